The molecule has 3 N–H and O–H groups in total. The number of H-pyrrole nitrogens is 1. The van der Waals surface area contributed by atoms with E-state index in [1.165, 1.54) is 4.31 Å². The number of rotatable bonds is 7. The summed E-state index contributed by atoms with van der Waals surface area (Å²) in [7, 11) is -3.24. The molecule has 10 nitrogen and oxygen atoms in total. The number of aromatic amines is 1. The van der Waals surface area contributed by atoms with Crippen LogP contribution in [0, 0.1) is 5.92 Å². The van der Waals surface area contributed by atoms with Crippen molar-refractivity contribution in [1.29, 1.82) is 0 Å². The molecule has 3 aliphatic rings. The van der Waals surface area contributed by atoms with Gasteiger partial charge in [-0.25, -0.2) is 17.5 Å². The summed E-state index contributed by atoms with van der Waals surface area (Å²) in [6.07, 6.45) is 3.79. The van der Waals surface area contributed by atoms with E-state index in [1.807, 2.05) is 19.9 Å². The highest BCUT2D eigenvalue weighted by Gasteiger charge is 2.44. The summed E-state index contributed by atoms with van der Waals surface area (Å²) >= 11 is 0. The Morgan fingerprint density at radius 1 is 1.23 bits per heavy atom. The first-order valence-corrected chi connectivity index (χ1v) is 12.5. The van der Waals surface area contributed by atoms with Gasteiger partial charge in [0.25, 0.3) is 0 Å². The van der Waals surface area contributed by atoms with Gasteiger partial charge < -0.3 is 15.4 Å². The molecule has 31 heavy (non-hydrogen) atoms. The maximum absolute atomic E-state index is 12.6. The molecular weight excluding hydrogens is 422 g/mol. The van der Waals surface area contributed by atoms with Crippen molar-refractivity contribution in [1.82, 2.24) is 19.8 Å². The van der Waals surface area contributed by atoms with Crippen molar-refractivity contribution < 1.29 is 22.7 Å². The van der Waals surface area contributed by atoms with Gasteiger partial charge in [-0.05, 0) is 52.4 Å². The minimum atomic E-state index is -3.24. The van der Waals surface area contributed by atoms with E-state index in [9.17, 15) is 18.0 Å². The fourth-order valence-corrected chi connectivity index (χ4v) is 6.24. The molecule has 1 aromatic heterocycles. The number of carbonyl (C=O) groups is 2. The molecule has 0 unspecified atom stereocenters. The van der Waals surface area contributed by atoms with E-state index in [2.05, 4.69) is 20.8 Å². The molecule has 2 amide bonds. The predicted octanol–water partition coefficient (Wildman–Crippen LogP) is 1.93. The second kappa shape index (κ2) is 8.78. The molecule has 2 saturated carbocycles. The number of aromatic nitrogens is 2. The minimum Gasteiger partial charge on any atom is -0.446 e. The molecule has 0 spiro atoms. The summed E-state index contributed by atoms with van der Waals surface area (Å²) in [4.78, 5) is 24.4. The lowest BCUT2D eigenvalue weighted by molar-refractivity contribution is -0.119. The third-order valence-electron chi connectivity index (χ3n) is 6.18. The molecule has 1 saturated heterocycles. The molecule has 4 rings (SSSR count). The van der Waals surface area contributed by atoms with Gasteiger partial charge in [0.1, 0.15) is 6.10 Å². The molecule has 0 bridgehead atoms. The summed E-state index contributed by atoms with van der Waals surface area (Å²) in [5, 5.41) is 12.5. The highest BCUT2D eigenvalue weighted by Crippen LogP contribution is 2.36. The van der Waals surface area contributed by atoms with Crippen LogP contribution in [-0.2, 0) is 19.6 Å². The summed E-state index contributed by atoms with van der Waals surface area (Å²) in [6.45, 7) is 4.40. The van der Waals surface area contributed by atoms with E-state index in [0.29, 0.717) is 25.2 Å². The Morgan fingerprint density at radius 2 is 2.00 bits per heavy atom. The highest BCUT2D eigenvalue weighted by atomic mass is 32.2. The fourth-order valence-electron chi connectivity index (χ4n) is 4.34. The third kappa shape index (κ3) is 5.20. The first-order valence-electron chi connectivity index (χ1n) is 11.0. The average Bonchev–Trinajstić information content (AvgIpc) is 3.07. The van der Waals surface area contributed by atoms with Gasteiger partial charge in [-0.15, -0.1) is 0 Å². The summed E-state index contributed by atoms with van der Waals surface area (Å²) in [5.41, 5.74) is 0.898. The largest absolute Gasteiger partial charge is 0.446 e. The van der Waals surface area contributed by atoms with Gasteiger partial charge in [0.05, 0.1) is 11.2 Å². The zero-order chi connectivity index (χ0) is 22.2. The summed E-state index contributed by atoms with van der Waals surface area (Å²) < 4.78 is 31.6. The van der Waals surface area contributed by atoms with Gasteiger partial charge in [0.15, 0.2) is 5.82 Å². The van der Waals surface area contributed by atoms with Crippen molar-refractivity contribution in [2.45, 2.75) is 75.7 Å². The van der Waals surface area contributed by atoms with E-state index in [1.54, 1.807) is 0 Å². The van der Waals surface area contributed by atoms with E-state index in [4.69, 9.17) is 4.74 Å². The first-order chi connectivity index (χ1) is 14.7. The van der Waals surface area contributed by atoms with Crippen molar-refractivity contribution in [3.63, 3.8) is 0 Å². The van der Waals surface area contributed by atoms with Crippen LogP contribution in [0.3, 0.4) is 0 Å². The number of nitrogens with one attached hydrogen (secondary N) is 3. The topological polar surface area (TPSA) is 133 Å². The van der Waals surface area contributed by atoms with Crippen molar-refractivity contribution in [3.05, 3.63) is 11.8 Å². The van der Waals surface area contributed by atoms with Gasteiger partial charge in [-0.2, -0.15) is 5.10 Å². The highest BCUT2D eigenvalue weighted by molar-refractivity contribution is 7.90. The van der Waals surface area contributed by atoms with Crippen LogP contribution in [0.5, 0.6) is 0 Å². The van der Waals surface area contributed by atoms with Crippen molar-refractivity contribution in [3.8, 4) is 0 Å². The monoisotopic (exact) mass is 453 g/mol. The molecule has 11 heteroatoms. The van der Waals surface area contributed by atoms with E-state index >= 15 is 0 Å². The zero-order valence-electron chi connectivity index (χ0n) is 18.0. The molecule has 1 aromatic rings. The van der Waals surface area contributed by atoms with Gasteiger partial charge in [-0.1, -0.05) is 0 Å². The van der Waals surface area contributed by atoms with Crippen LogP contribution in [0.25, 0.3) is 0 Å². The number of alkyl carbamates (subject to hydrolysis) is 1. The lowest BCUT2D eigenvalue weighted by Gasteiger charge is -2.15. The van der Waals surface area contributed by atoms with Crippen LogP contribution in [0.1, 0.15) is 64.0 Å². The number of hydrogen-bond acceptors (Lipinski definition) is 6. The quantitative estimate of drug-likeness (QED) is 0.578. The van der Waals surface area contributed by atoms with Crippen molar-refractivity contribution >= 4 is 27.8 Å². The normalized spacial score (nSPS) is 26.9. The predicted molar refractivity (Wildman–Crippen MR) is 114 cm³/mol. The van der Waals surface area contributed by atoms with Crippen LogP contribution >= 0.6 is 0 Å². The molecule has 3 atom stereocenters. The maximum Gasteiger partial charge on any atom is 0.407 e. The van der Waals surface area contributed by atoms with Gasteiger partial charge in [0.2, 0.25) is 15.9 Å². The van der Waals surface area contributed by atoms with Gasteiger partial charge >= 0.3 is 6.09 Å². The average molecular weight is 454 g/mol. The zero-order valence-corrected chi connectivity index (χ0v) is 18.8. The summed E-state index contributed by atoms with van der Waals surface area (Å²) in [6, 6.07) is 1.84. The van der Waals surface area contributed by atoms with Crippen LogP contribution < -0.4 is 10.6 Å². The Balaban J connectivity index is 1.27. The summed E-state index contributed by atoms with van der Waals surface area (Å²) in [5.74, 6) is 0.0491. The Hall–Kier alpha value is -2.14. The van der Waals surface area contributed by atoms with Crippen LogP contribution in [0.4, 0.5) is 10.6 Å². The molecule has 1 aliphatic heterocycles. The maximum atomic E-state index is 12.6. The SMILES string of the molecule is CC(C)NC(=O)O[C@@H]1CC[C@H](c2cc(NC(=O)[C@@H]3CCN(S(=O)(=O)C4CC4)C3)n[nH]2)C1. The molecular formula is C20H31N5O5S. The fraction of sp³-hybridized carbons (Fsp3) is 0.750. The Labute approximate surface area is 182 Å². The van der Waals surface area contributed by atoms with E-state index in [-0.39, 0.29) is 41.7 Å². The molecule has 2 heterocycles. The number of anilines is 1. The van der Waals surface area contributed by atoms with Crippen molar-refractivity contribution in [2.24, 2.45) is 5.92 Å². The smallest absolute Gasteiger partial charge is 0.407 e. The van der Waals surface area contributed by atoms with Crippen molar-refractivity contribution in [2.75, 3.05) is 18.4 Å². The molecule has 172 valence electrons. The second-order valence-electron chi connectivity index (χ2n) is 9.12. The second-order valence-corrected chi connectivity index (χ2v) is 11.3. The number of hydrogen-bond donors (Lipinski definition) is 3. The van der Waals surface area contributed by atoms with E-state index in [0.717, 1.165) is 31.4 Å². The lowest BCUT2D eigenvalue weighted by Crippen LogP contribution is -2.33. The minimum absolute atomic E-state index is 0.0317. The van der Waals surface area contributed by atoms with Gasteiger partial charge in [0, 0.05) is 36.8 Å². The molecule has 2 aliphatic carbocycles. The Morgan fingerprint density at radius 3 is 2.71 bits per heavy atom. The number of sulfonamides is 1. The van der Waals surface area contributed by atoms with E-state index < -0.39 is 16.1 Å². The van der Waals surface area contributed by atoms with Crippen LogP contribution in [0.15, 0.2) is 6.07 Å². The molecule has 0 radical (unpaired) electrons. The molecule has 0 aromatic carbocycles. The lowest BCUT2D eigenvalue weighted by atomic mass is 10.0. The standard InChI is InChI=1S/C20H31N5O5S/c1-12(2)21-20(27)30-15-4-3-13(9-15)17-10-18(24-23-17)22-19(26)14-7-8-25(11-14)31(28,29)16-5-6-16/h10,12-16H,3-9,11H2,1-2H3,(H,21,27)(H2,22,23,24,26)/t13-,14+,15+/m0/s1. The van der Waals surface area contributed by atoms with Crippen LogP contribution in [0.2, 0.25) is 0 Å². The van der Waals surface area contributed by atoms with Crippen LogP contribution in [-0.4, -0.2) is 65.4 Å². The first kappa shape index (κ1) is 22.1. The molecule has 3 fully saturated rings. The number of ether oxygens (including phenoxy) is 1. The van der Waals surface area contributed by atoms with Gasteiger partial charge in [-0.3, -0.25) is 9.89 Å². The number of amides is 2. The number of nitrogens with zero attached hydrogens (tertiary/aromatic N) is 2. The third-order valence-corrected chi connectivity index (χ3v) is 8.55. The Bertz CT molecular complexity index is 926. The Kier molecular flexibility index (Phi) is 6.25. The number of carbonyl (C=O) groups excluding carboxylic acids is 2.